The summed E-state index contributed by atoms with van der Waals surface area (Å²) in [4.78, 5) is 5.95. The number of alkyl halides is 3. The maximum Gasteiger partial charge on any atom is 0.401 e. The van der Waals surface area contributed by atoms with Crippen molar-refractivity contribution in [2.45, 2.75) is 44.9 Å². The Bertz CT molecular complexity index is 608. The van der Waals surface area contributed by atoms with Gasteiger partial charge in [-0.2, -0.15) is 13.2 Å². The van der Waals surface area contributed by atoms with Crippen molar-refractivity contribution < 1.29 is 18.3 Å². The van der Waals surface area contributed by atoms with Crippen molar-refractivity contribution in [1.82, 2.24) is 15.5 Å². The Kier molecular flexibility index (Phi) is 12.7. The fourth-order valence-corrected chi connectivity index (χ4v) is 3.57. The average Bonchev–Trinajstić information content (AvgIpc) is 2.67. The topological polar surface area (TPSA) is 59.9 Å². The number of benzene rings is 1. The number of likely N-dealkylation sites (tertiary alicyclic amines) is 1. The number of rotatable bonds is 9. The Hall–Kier alpha value is -1.07. The summed E-state index contributed by atoms with van der Waals surface area (Å²) in [5.41, 5.74) is 1.07. The monoisotopic (exact) mass is 542 g/mol. The number of aliphatic hydroxyl groups excluding tert-OH is 1. The van der Waals surface area contributed by atoms with Crippen LogP contribution in [-0.2, 0) is 6.42 Å². The van der Waals surface area contributed by atoms with E-state index in [-0.39, 0.29) is 24.0 Å². The molecule has 1 heterocycles. The Balaban J connectivity index is 0.00000450. The van der Waals surface area contributed by atoms with Crippen LogP contribution in [0.1, 0.15) is 31.7 Å². The van der Waals surface area contributed by atoms with Gasteiger partial charge in [0, 0.05) is 19.5 Å². The molecule has 0 bridgehead atoms. The molecule has 3 N–H and O–H groups in total. The summed E-state index contributed by atoms with van der Waals surface area (Å²) in [5.74, 6) is 1.09. The fraction of sp³-hybridized carbons (Fsp3) is 0.667. The van der Waals surface area contributed by atoms with E-state index < -0.39 is 18.8 Å². The van der Waals surface area contributed by atoms with Gasteiger partial charge in [0.1, 0.15) is 0 Å². The molecule has 0 radical (unpaired) electrons. The molecule has 2 rings (SSSR count). The van der Waals surface area contributed by atoms with Crippen molar-refractivity contribution in [2.75, 3.05) is 39.3 Å². The van der Waals surface area contributed by atoms with E-state index in [9.17, 15) is 18.3 Å². The number of aliphatic imine (C=N–C) groups is 1. The summed E-state index contributed by atoms with van der Waals surface area (Å²) in [7, 11) is 0. The number of hydrogen-bond donors (Lipinski definition) is 3. The highest BCUT2D eigenvalue weighted by molar-refractivity contribution is 14.0. The highest BCUT2D eigenvalue weighted by Crippen LogP contribution is 2.23. The molecule has 0 saturated carbocycles. The van der Waals surface area contributed by atoms with Crippen molar-refractivity contribution >= 4 is 29.9 Å². The number of hydrogen-bond acceptors (Lipinski definition) is 3. The van der Waals surface area contributed by atoms with Gasteiger partial charge >= 0.3 is 6.18 Å². The number of nitrogens with zero attached hydrogens (tertiary/aromatic N) is 2. The molecule has 1 aromatic carbocycles. The zero-order chi connectivity index (χ0) is 21.1. The van der Waals surface area contributed by atoms with Gasteiger partial charge < -0.3 is 15.7 Å². The van der Waals surface area contributed by atoms with Crippen LogP contribution in [0.25, 0.3) is 0 Å². The van der Waals surface area contributed by atoms with E-state index in [0.717, 1.165) is 31.4 Å². The second-order valence-electron chi connectivity index (χ2n) is 7.61. The number of nitrogens with one attached hydrogen (secondary N) is 2. The van der Waals surface area contributed by atoms with Gasteiger partial charge in [0.25, 0.3) is 0 Å². The van der Waals surface area contributed by atoms with Crippen molar-refractivity contribution in [3.8, 4) is 0 Å². The molecule has 1 atom stereocenters. The smallest absolute Gasteiger partial charge is 0.391 e. The minimum Gasteiger partial charge on any atom is -0.391 e. The number of aliphatic hydroxyl groups is 1. The minimum atomic E-state index is -4.11. The molecule has 0 aromatic heterocycles. The molecule has 1 fully saturated rings. The molecule has 1 aromatic rings. The Morgan fingerprint density at radius 2 is 1.87 bits per heavy atom. The standard InChI is InChI=1S/C21H33F3N4O.HI/c1-2-25-20(27-15-19(29)14-18-6-4-3-5-7-18)26-11-8-17-9-12-28(13-10-17)16-21(22,23)24;/h3-7,17,19,29H,2,8-16H2,1H3,(H2,25,26,27);1H. The summed E-state index contributed by atoms with van der Waals surface area (Å²) in [6.07, 6.45) is -1.62. The lowest BCUT2D eigenvalue weighted by atomic mass is 9.93. The van der Waals surface area contributed by atoms with E-state index in [2.05, 4.69) is 15.6 Å². The maximum absolute atomic E-state index is 12.5. The van der Waals surface area contributed by atoms with Gasteiger partial charge in [-0.1, -0.05) is 30.3 Å². The molecule has 172 valence electrons. The molecule has 30 heavy (non-hydrogen) atoms. The second kappa shape index (κ2) is 14.1. The lowest BCUT2D eigenvalue weighted by Gasteiger charge is -2.32. The van der Waals surface area contributed by atoms with Gasteiger partial charge in [-0.3, -0.25) is 9.89 Å². The first-order chi connectivity index (χ1) is 13.9. The predicted octanol–water partition coefficient (Wildman–Crippen LogP) is 3.43. The molecule has 0 aliphatic carbocycles. The second-order valence-corrected chi connectivity index (χ2v) is 7.61. The van der Waals surface area contributed by atoms with Crippen LogP contribution >= 0.6 is 24.0 Å². The van der Waals surface area contributed by atoms with Crippen molar-refractivity contribution in [2.24, 2.45) is 10.9 Å². The van der Waals surface area contributed by atoms with E-state index in [0.29, 0.717) is 44.5 Å². The first kappa shape index (κ1) is 27.0. The first-order valence-electron chi connectivity index (χ1n) is 10.4. The van der Waals surface area contributed by atoms with Crippen LogP contribution < -0.4 is 10.6 Å². The third kappa shape index (κ3) is 11.4. The molecular formula is C21H34F3IN4O. The predicted molar refractivity (Wildman–Crippen MR) is 125 cm³/mol. The normalized spacial score (nSPS) is 17.3. The number of piperidine rings is 1. The summed E-state index contributed by atoms with van der Waals surface area (Å²) >= 11 is 0. The molecule has 0 amide bonds. The van der Waals surface area contributed by atoms with Crippen LogP contribution in [0.4, 0.5) is 13.2 Å². The minimum absolute atomic E-state index is 0. The van der Waals surface area contributed by atoms with E-state index in [4.69, 9.17) is 0 Å². The van der Waals surface area contributed by atoms with Crippen molar-refractivity contribution in [1.29, 1.82) is 0 Å². The Labute approximate surface area is 194 Å². The SMILES string of the molecule is CCNC(=NCC(O)Cc1ccccc1)NCCC1CCN(CC(F)(F)F)CC1.I. The maximum atomic E-state index is 12.5. The highest BCUT2D eigenvalue weighted by Gasteiger charge is 2.32. The molecule has 1 aliphatic rings. The first-order valence-corrected chi connectivity index (χ1v) is 10.4. The quantitative estimate of drug-likeness (QED) is 0.255. The molecule has 5 nitrogen and oxygen atoms in total. The van der Waals surface area contributed by atoms with Crippen LogP contribution in [0.2, 0.25) is 0 Å². The van der Waals surface area contributed by atoms with Gasteiger partial charge in [0.2, 0.25) is 0 Å². The van der Waals surface area contributed by atoms with E-state index in [1.54, 1.807) is 0 Å². The molecule has 0 spiro atoms. The third-order valence-corrected chi connectivity index (χ3v) is 5.07. The van der Waals surface area contributed by atoms with Crippen LogP contribution in [0, 0.1) is 5.92 Å². The van der Waals surface area contributed by atoms with Crippen LogP contribution in [0.3, 0.4) is 0 Å². The van der Waals surface area contributed by atoms with E-state index in [1.807, 2.05) is 37.3 Å². The Morgan fingerprint density at radius 3 is 2.47 bits per heavy atom. The highest BCUT2D eigenvalue weighted by atomic mass is 127. The van der Waals surface area contributed by atoms with Gasteiger partial charge in [0.15, 0.2) is 5.96 Å². The van der Waals surface area contributed by atoms with E-state index in [1.165, 1.54) is 4.90 Å². The van der Waals surface area contributed by atoms with Crippen LogP contribution in [-0.4, -0.2) is 67.5 Å². The van der Waals surface area contributed by atoms with Gasteiger partial charge in [-0.15, -0.1) is 24.0 Å². The average molecular weight is 542 g/mol. The molecule has 9 heteroatoms. The lowest BCUT2D eigenvalue weighted by molar-refractivity contribution is -0.148. The Morgan fingerprint density at radius 1 is 1.20 bits per heavy atom. The molecule has 1 saturated heterocycles. The fourth-order valence-electron chi connectivity index (χ4n) is 3.57. The molecular weight excluding hydrogens is 508 g/mol. The largest absolute Gasteiger partial charge is 0.401 e. The lowest BCUT2D eigenvalue weighted by Crippen LogP contribution is -2.42. The molecule has 1 unspecified atom stereocenters. The van der Waals surface area contributed by atoms with Gasteiger partial charge in [-0.25, -0.2) is 0 Å². The summed E-state index contributed by atoms with van der Waals surface area (Å²) < 4.78 is 37.4. The zero-order valence-electron chi connectivity index (χ0n) is 17.5. The molecule has 1 aliphatic heterocycles. The van der Waals surface area contributed by atoms with Crippen LogP contribution in [0.5, 0.6) is 0 Å². The van der Waals surface area contributed by atoms with Crippen LogP contribution in [0.15, 0.2) is 35.3 Å². The summed E-state index contributed by atoms with van der Waals surface area (Å²) in [6.45, 7) is 3.92. The van der Waals surface area contributed by atoms with Crippen molar-refractivity contribution in [3.05, 3.63) is 35.9 Å². The van der Waals surface area contributed by atoms with Gasteiger partial charge in [-0.05, 0) is 50.8 Å². The van der Waals surface area contributed by atoms with Crippen molar-refractivity contribution in [3.63, 3.8) is 0 Å². The summed E-state index contributed by atoms with van der Waals surface area (Å²) in [5, 5.41) is 16.6. The third-order valence-electron chi connectivity index (χ3n) is 5.07. The van der Waals surface area contributed by atoms with Gasteiger partial charge in [0.05, 0.1) is 19.2 Å². The number of halogens is 4. The zero-order valence-corrected chi connectivity index (χ0v) is 19.8. The number of guanidine groups is 1. The summed E-state index contributed by atoms with van der Waals surface area (Å²) in [6, 6.07) is 9.81. The van der Waals surface area contributed by atoms with E-state index >= 15 is 0 Å².